The van der Waals surface area contributed by atoms with E-state index >= 15 is 0 Å². The molecule has 4 bridgehead atoms. The highest BCUT2D eigenvalue weighted by Crippen LogP contribution is 2.50. The summed E-state index contributed by atoms with van der Waals surface area (Å²) in [5.41, 5.74) is 4.03. The second-order valence-corrected chi connectivity index (χ2v) is 25.0. The van der Waals surface area contributed by atoms with E-state index < -0.39 is 108 Å². The minimum absolute atomic E-state index is 0.00349. The van der Waals surface area contributed by atoms with Crippen molar-refractivity contribution in [3.05, 3.63) is 70.3 Å². The molecule has 89 heavy (non-hydrogen) atoms. The molecule has 0 spiro atoms. The van der Waals surface area contributed by atoms with Crippen LogP contribution in [-0.2, 0) is 58.9 Å². The lowest BCUT2D eigenvalue weighted by atomic mass is 9.78. The molecule has 3 fully saturated rings. The van der Waals surface area contributed by atoms with Gasteiger partial charge in [-0.25, -0.2) is 9.59 Å². The zero-order chi connectivity index (χ0) is 65.8. The van der Waals surface area contributed by atoms with Crippen molar-refractivity contribution in [2.45, 2.75) is 173 Å². The second kappa shape index (κ2) is 31.0. The minimum Gasteiger partial charge on any atom is -0.497 e. The number of halogens is 1. The number of primary amides is 1. The predicted molar refractivity (Wildman–Crippen MR) is 335 cm³/mol. The van der Waals surface area contributed by atoms with Crippen LogP contribution < -0.4 is 41.4 Å². The van der Waals surface area contributed by atoms with Gasteiger partial charge in [-0.2, -0.15) is 0 Å². The summed E-state index contributed by atoms with van der Waals surface area (Å²) in [6, 6.07) is 3.49. The number of hydrogen-bond acceptors (Lipinski definition) is 17. The number of carbonyl (C=O) groups is 9. The number of rotatable bonds is 23. The standard InChI is InChI=1S/C63H87ClN8O16S/c1-34(2)54(69-49(89)21-14-13-15-25-72-51(74)27-36(4)58(72)78)57(77)67-42(19-17-24-66-61(65)81)56(76)68-43-30-40(83-10)22-23-41(43)59(79)70(8)38(6)60(80)87-48-31-50(73)71(9)44-28-39(29-45(84-11)53(44)64)26-35(3)18-16-20-47(85-12)63(82)32-46(86-52(75)33-63)37(5)55-62(48,7)88-55/h16,18,20,22-23,28-30,34,36-38,42,46-48,54-55,82H,13-15,17,19,21,24-27,31-33H2,1-12H3,(H,67,77)(H,68,76)(H,69,89)(H3,65,66,81)/b20-16+,35-18+/t36?,37-,38+,42+,46+,47-,48+,54+,55+,62+,63-/m1/s1. The first kappa shape index (κ1) is 70.9. The van der Waals surface area contributed by atoms with Crippen molar-refractivity contribution in [1.82, 2.24) is 25.8 Å². The molecule has 7 N–H and O–H groups in total. The van der Waals surface area contributed by atoms with Crippen molar-refractivity contribution in [1.29, 1.82) is 0 Å². The Hall–Kier alpha value is -7.19. The van der Waals surface area contributed by atoms with E-state index in [1.54, 1.807) is 58.9 Å². The van der Waals surface area contributed by atoms with Crippen LogP contribution in [0.15, 0.2) is 54.1 Å². The third-order valence-corrected chi connectivity index (χ3v) is 17.7. The third kappa shape index (κ3) is 17.8. The average molecular weight is 1280 g/mol. The van der Waals surface area contributed by atoms with Crippen LogP contribution in [0.1, 0.15) is 129 Å². The van der Waals surface area contributed by atoms with Gasteiger partial charge in [0.1, 0.15) is 64.2 Å². The zero-order valence-electron chi connectivity index (χ0n) is 52.9. The van der Waals surface area contributed by atoms with Crippen molar-refractivity contribution < 1.29 is 76.7 Å². The molecule has 0 aliphatic carbocycles. The lowest BCUT2D eigenvalue weighted by Gasteiger charge is -2.41. The van der Waals surface area contributed by atoms with Gasteiger partial charge in [-0.3, -0.25) is 38.5 Å². The van der Waals surface area contributed by atoms with Gasteiger partial charge < -0.3 is 70.3 Å². The number of hydrogen-bond donors (Lipinski definition) is 6. The molecule has 0 radical (unpaired) electrons. The smallest absolute Gasteiger partial charge is 0.328 e. The normalized spacial score (nSPS) is 25.7. The third-order valence-electron chi connectivity index (χ3n) is 17.0. The first-order valence-corrected chi connectivity index (χ1v) is 30.8. The summed E-state index contributed by atoms with van der Waals surface area (Å²) in [5, 5.41) is 23.5. The van der Waals surface area contributed by atoms with Crippen molar-refractivity contribution >= 4 is 93.6 Å². The van der Waals surface area contributed by atoms with Crippen molar-refractivity contribution in [2.24, 2.45) is 23.5 Å². The highest BCUT2D eigenvalue weighted by molar-refractivity contribution is 7.80. The van der Waals surface area contributed by atoms with Crippen LogP contribution in [0.3, 0.4) is 0 Å². The number of allylic oxidation sites excluding steroid dienone is 3. The van der Waals surface area contributed by atoms with Gasteiger partial charge in [0, 0.05) is 65.0 Å². The van der Waals surface area contributed by atoms with Gasteiger partial charge in [-0.1, -0.05) is 81.7 Å². The van der Waals surface area contributed by atoms with Gasteiger partial charge in [0.15, 0.2) is 0 Å². The molecule has 11 atom stereocenters. The van der Waals surface area contributed by atoms with Crippen LogP contribution >= 0.6 is 23.8 Å². The number of fused-ring (bicyclic) bond motifs is 5. The Balaban J connectivity index is 1.22. The number of methoxy groups -OCH3 is 3. The number of nitrogens with zero attached hydrogens (tertiary/aromatic N) is 3. The lowest BCUT2D eigenvalue weighted by molar-refractivity contribution is -0.187. The molecule has 4 heterocycles. The number of amides is 8. The molecule has 8 amide bonds. The van der Waals surface area contributed by atoms with E-state index in [4.69, 9.17) is 58.0 Å². The number of nitrogens with two attached hydrogens (primary N) is 1. The van der Waals surface area contributed by atoms with Crippen LogP contribution in [0.25, 0.3) is 0 Å². The molecule has 488 valence electrons. The summed E-state index contributed by atoms with van der Waals surface area (Å²) < 4.78 is 35.4. The average Bonchev–Trinajstić information content (AvgIpc) is 1.62. The molecule has 4 aliphatic heterocycles. The molecule has 1 unspecified atom stereocenters. The highest BCUT2D eigenvalue weighted by atomic mass is 35.5. The van der Waals surface area contributed by atoms with E-state index in [1.807, 2.05) is 13.0 Å². The maximum absolute atomic E-state index is 14.7. The van der Waals surface area contributed by atoms with Crippen molar-refractivity contribution in [3.63, 3.8) is 0 Å². The number of thiocarbonyl (C=S) groups is 1. The number of esters is 2. The van der Waals surface area contributed by atoms with E-state index in [0.29, 0.717) is 55.1 Å². The Morgan fingerprint density at radius 2 is 1.67 bits per heavy atom. The van der Waals surface area contributed by atoms with Crippen molar-refractivity contribution in [2.75, 3.05) is 58.7 Å². The second-order valence-electron chi connectivity index (χ2n) is 24.1. The van der Waals surface area contributed by atoms with Crippen molar-refractivity contribution in [3.8, 4) is 11.5 Å². The molecular formula is C63H87ClN8O16S. The van der Waals surface area contributed by atoms with Gasteiger partial charge >= 0.3 is 18.0 Å². The fourth-order valence-corrected chi connectivity index (χ4v) is 12.0. The monoisotopic (exact) mass is 1280 g/mol. The maximum atomic E-state index is 14.7. The zero-order valence-corrected chi connectivity index (χ0v) is 54.4. The molecule has 2 aromatic carbocycles. The Morgan fingerprint density at radius 1 is 0.955 bits per heavy atom. The van der Waals surface area contributed by atoms with Crippen LogP contribution in [0.5, 0.6) is 11.5 Å². The van der Waals surface area contributed by atoms with E-state index in [1.165, 1.54) is 70.3 Å². The molecule has 3 saturated heterocycles. The van der Waals surface area contributed by atoms with Crippen LogP contribution in [0.2, 0.25) is 5.02 Å². The predicted octanol–water partition coefficient (Wildman–Crippen LogP) is 5.86. The molecule has 4 aliphatic rings. The van der Waals surface area contributed by atoms with Gasteiger partial charge in [0.2, 0.25) is 29.5 Å². The molecule has 2 aromatic rings. The van der Waals surface area contributed by atoms with Gasteiger partial charge in [0.25, 0.3) is 5.91 Å². The Labute approximate surface area is 530 Å². The topological polar surface area (TPSA) is 316 Å². The summed E-state index contributed by atoms with van der Waals surface area (Å²) >= 11 is 12.5. The summed E-state index contributed by atoms with van der Waals surface area (Å²) in [6.07, 6.45) is 3.55. The van der Waals surface area contributed by atoms with E-state index in [0.717, 1.165) is 16.0 Å². The maximum Gasteiger partial charge on any atom is 0.328 e. The molecule has 0 saturated carbocycles. The summed E-state index contributed by atoms with van der Waals surface area (Å²) in [5.74, 6) is -5.29. The number of imide groups is 1. The molecule has 6 rings (SSSR count). The number of unbranched alkanes of at least 4 members (excludes halogenated alkanes) is 2. The number of likely N-dealkylation sites (N-methyl/N-ethyl adjacent to an activating group) is 1. The first-order chi connectivity index (χ1) is 42.0. The number of urea groups is 1. The van der Waals surface area contributed by atoms with Gasteiger partial charge in [-0.05, 0) is 95.0 Å². The minimum atomic E-state index is -1.68. The quantitative estimate of drug-likeness (QED) is 0.0250. The van der Waals surface area contributed by atoms with Crippen LogP contribution in [0, 0.1) is 17.8 Å². The van der Waals surface area contributed by atoms with Gasteiger partial charge in [-0.15, -0.1) is 0 Å². The number of anilines is 2. The van der Waals surface area contributed by atoms with Gasteiger partial charge in [0.05, 0.1) is 55.1 Å². The van der Waals surface area contributed by atoms with Crippen LogP contribution in [-0.4, -0.2) is 176 Å². The van der Waals surface area contributed by atoms with E-state index in [9.17, 15) is 48.3 Å². The largest absolute Gasteiger partial charge is 0.497 e. The fraction of sp³-hybridized carbons (Fsp3) is 0.587. The number of aliphatic hydroxyl groups is 1. The Morgan fingerprint density at radius 3 is 2.31 bits per heavy atom. The molecule has 0 aromatic heterocycles. The van der Waals surface area contributed by atoms with E-state index in [-0.39, 0.29) is 84.3 Å². The SMILES string of the molecule is COc1ccc(C(=O)N(C)[C@@H](C)C(=O)O[C@H]2CC(=O)N(C)c3cc(cc(OC)c3Cl)C/C(C)=C/C=C/[C@@H](OC)[C@]3(O)CC(=O)O[C@@H](C3)[C@@H](C)[C@@H]3O[C@@]23C)c(NC(=O)[C@H](CCCNC(N)=O)NC(=O)[C@@H](NC(=S)CCCCCN2C(=O)CC(C)C2=O)C(C)C)c1. The first-order valence-electron chi connectivity index (χ1n) is 30.0. The highest BCUT2D eigenvalue weighted by Gasteiger charge is 2.64. The summed E-state index contributed by atoms with van der Waals surface area (Å²) in [4.78, 5) is 126. The Kier molecular flexibility index (Phi) is 24.7. The number of ether oxygens (including phenoxy) is 6. The summed E-state index contributed by atoms with van der Waals surface area (Å²) in [7, 11) is 7.15. The van der Waals surface area contributed by atoms with Crippen LogP contribution in [0.4, 0.5) is 16.2 Å². The van der Waals surface area contributed by atoms with E-state index in [2.05, 4.69) is 21.3 Å². The fourth-order valence-electron chi connectivity index (χ4n) is 11.4. The number of carbonyl (C=O) groups excluding carboxylic acids is 9. The Bertz CT molecular complexity index is 3070. The molecule has 26 heteroatoms. The lowest BCUT2D eigenvalue weighted by Crippen LogP contribution is -2.54. The molecule has 24 nitrogen and oxygen atoms in total. The number of benzene rings is 2. The number of likely N-dealkylation sites (tertiary alicyclic amines) is 1. The summed E-state index contributed by atoms with van der Waals surface area (Å²) in [6.45, 7) is 12.5. The number of epoxide rings is 1. The molecular weight excluding hydrogens is 1190 g/mol. The number of nitrogens with one attached hydrogen (secondary N) is 4.